The van der Waals surface area contributed by atoms with E-state index in [4.69, 9.17) is 9.47 Å². The average molecular weight is 264 g/mol. The Labute approximate surface area is 113 Å². The van der Waals surface area contributed by atoms with Gasteiger partial charge in [0.15, 0.2) is 0 Å². The molecule has 1 amide bonds. The van der Waals surface area contributed by atoms with Crippen molar-refractivity contribution in [1.82, 2.24) is 5.32 Å². The van der Waals surface area contributed by atoms with Gasteiger partial charge in [-0.25, -0.2) is 0 Å². The fourth-order valence-corrected chi connectivity index (χ4v) is 2.39. The SMILES string of the molecule is CNC1CCCN(c2cc(OC)ccc2OC)C1=O. The van der Waals surface area contributed by atoms with Crippen molar-refractivity contribution >= 4 is 11.6 Å². The van der Waals surface area contributed by atoms with Crippen LogP contribution in [0.25, 0.3) is 0 Å². The van der Waals surface area contributed by atoms with Crippen LogP contribution in [0.1, 0.15) is 12.8 Å². The van der Waals surface area contributed by atoms with Gasteiger partial charge in [-0.15, -0.1) is 0 Å². The van der Waals surface area contributed by atoms with Crippen LogP contribution >= 0.6 is 0 Å². The number of amides is 1. The lowest BCUT2D eigenvalue weighted by molar-refractivity contribution is -0.121. The lowest BCUT2D eigenvalue weighted by atomic mass is 10.0. The maximum Gasteiger partial charge on any atom is 0.244 e. The second kappa shape index (κ2) is 5.93. The summed E-state index contributed by atoms with van der Waals surface area (Å²) in [4.78, 5) is 14.2. The van der Waals surface area contributed by atoms with Gasteiger partial charge in [0.1, 0.15) is 11.5 Å². The number of hydrogen-bond donors (Lipinski definition) is 1. The summed E-state index contributed by atoms with van der Waals surface area (Å²) in [5, 5.41) is 3.06. The zero-order chi connectivity index (χ0) is 13.8. The molecule has 0 radical (unpaired) electrons. The molecule has 0 aromatic heterocycles. The molecule has 0 aliphatic carbocycles. The number of benzene rings is 1. The van der Waals surface area contributed by atoms with Gasteiger partial charge in [-0.1, -0.05) is 0 Å². The molecule has 1 N–H and O–H groups in total. The van der Waals surface area contributed by atoms with Gasteiger partial charge in [0, 0.05) is 12.6 Å². The highest BCUT2D eigenvalue weighted by Gasteiger charge is 2.30. The molecule has 0 spiro atoms. The molecule has 5 nitrogen and oxygen atoms in total. The van der Waals surface area contributed by atoms with E-state index < -0.39 is 0 Å². The van der Waals surface area contributed by atoms with Crippen LogP contribution in [-0.4, -0.2) is 39.8 Å². The number of piperidine rings is 1. The number of hydrogen-bond acceptors (Lipinski definition) is 4. The molecule has 0 bridgehead atoms. The molecule has 19 heavy (non-hydrogen) atoms. The van der Waals surface area contributed by atoms with Gasteiger partial charge >= 0.3 is 0 Å². The molecule has 5 heteroatoms. The molecule has 1 unspecified atom stereocenters. The van der Waals surface area contributed by atoms with E-state index in [1.54, 1.807) is 19.1 Å². The van der Waals surface area contributed by atoms with Crippen LogP contribution in [0.5, 0.6) is 11.5 Å². The number of anilines is 1. The van der Waals surface area contributed by atoms with Crippen molar-refractivity contribution in [3.8, 4) is 11.5 Å². The van der Waals surface area contributed by atoms with Gasteiger partial charge in [0.25, 0.3) is 0 Å². The standard InChI is InChI=1S/C14H20N2O3/c1-15-11-5-4-8-16(14(11)17)12-9-10(18-2)6-7-13(12)19-3/h6-7,9,11,15H,4-5,8H2,1-3H3. The van der Waals surface area contributed by atoms with Gasteiger partial charge in [-0.3, -0.25) is 4.79 Å². The monoisotopic (exact) mass is 264 g/mol. The molecule has 1 aliphatic rings. The largest absolute Gasteiger partial charge is 0.497 e. The minimum atomic E-state index is -0.121. The van der Waals surface area contributed by atoms with E-state index in [1.165, 1.54) is 0 Å². The predicted molar refractivity (Wildman–Crippen MR) is 74.0 cm³/mol. The van der Waals surface area contributed by atoms with Crippen molar-refractivity contribution in [1.29, 1.82) is 0 Å². The first-order valence-electron chi connectivity index (χ1n) is 6.42. The van der Waals surface area contributed by atoms with Crippen LogP contribution in [0.3, 0.4) is 0 Å². The minimum absolute atomic E-state index is 0.0836. The van der Waals surface area contributed by atoms with Crippen LogP contribution in [-0.2, 0) is 4.79 Å². The molecule has 0 saturated carbocycles. The van der Waals surface area contributed by atoms with Gasteiger partial charge in [-0.05, 0) is 32.0 Å². The smallest absolute Gasteiger partial charge is 0.244 e. The van der Waals surface area contributed by atoms with Crippen LogP contribution < -0.4 is 19.7 Å². The van der Waals surface area contributed by atoms with E-state index >= 15 is 0 Å². The fourth-order valence-electron chi connectivity index (χ4n) is 2.39. The molecule has 1 heterocycles. The number of carbonyl (C=O) groups excluding carboxylic acids is 1. The summed E-state index contributed by atoms with van der Waals surface area (Å²) in [6.45, 7) is 0.709. The van der Waals surface area contributed by atoms with Crippen molar-refractivity contribution in [3.05, 3.63) is 18.2 Å². The summed E-state index contributed by atoms with van der Waals surface area (Å²) in [6, 6.07) is 5.37. The van der Waals surface area contributed by atoms with E-state index in [1.807, 2.05) is 25.2 Å². The maximum atomic E-state index is 12.4. The summed E-state index contributed by atoms with van der Waals surface area (Å²) in [5.74, 6) is 1.49. The Bertz CT molecular complexity index is 462. The normalized spacial score (nSPS) is 19.4. The molecule has 1 saturated heterocycles. The van der Waals surface area contributed by atoms with Crippen molar-refractivity contribution in [3.63, 3.8) is 0 Å². The number of carbonyl (C=O) groups is 1. The number of ether oxygens (including phenoxy) is 2. The minimum Gasteiger partial charge on any atom is -0.497 e. The predicted octanol–water partition coefficient (Wildman–Crippen LogP) is 1.42. The van der Waals surface area contributed by atoms with Crippen molar-refractivity contribution in [2.75, 3.05) is 32.7 Å². The Morgan fingerprint density at radius 3 is 2.74 bits per heavy atom. The zero-order valence-electron chi connectivity index (χ0n) is 11.6. The third kappa shape index (κ3) is 2.66. The van der Waals surface area contributed by atoms with E-state index in [-0.39, 0.29) is 11.9 Å². The third-order valence-corrected chi connectivity index (χ3v) is 3.46. The molecule has 104 valence electrons. The number of methoxy groups -OCH3 is 2. The first kappa shape index (κ1) is 13.7. The van der Waals surface area contributed by atoms with Crippen molar-refractivity contribution in [2.24, 2.45) is 0 Å². The van der Waals surface area contributed by atoms with Crippen LogP contribution in [0, 0.1) is 0 Å². The van der Waals surface area contributed by atoms with E-state index in [0.717, 1.165) is 24.3 Å². The van der Waals surface area contributed by atoms with E-state index in [0.29, 0.717) is 12.3 Å². The highest BCUT2D eigenvalue weighted by atomic mass is 16.5. The van der Waals surface area contributed by atoms with Crippen molar-refractivity contribution < 1.29 is 14.3 Å². The van der Waals surface area contributed by atoms with E-state index in [2.05, 4.69) is 5.32 Å². The quantitative estimate of drug-likeness (QED) is 0.893. The summed E-state index contributed by atoms with van der Waals surface area (Å²) in [6.07, 6.45) is 1.84. The van der Waals surface area contributed by atoms with Crippen LogP contribution in [0.4, 0.5) is 5.69 Å². The second-order valence-corrected chi connectivity index (χ2v) is 4.51. The topological polar surface area (TPSA) is 50.8 Å². The second-order valence-electron chi connectivity index (χ2n) is 4.51. The molecular weight excluding hydrogens is 244 g/mol. The van der Waals surface area contributed by atoms with Crippen molar-refractivity contribution in [2.45, 2.75) is 18.9 Å². The average Bonchev–Trinajstić information content (AvgIpc) is 2.47. The Kier molecular flexibility index (Phi) is 4.27. The summed E-state index contributed by atoms with van der Waals surface area (Å²) >= 11 is 0. The molecule has 2 rings (SSSR count). The van der Waals surface area contributed by atoms with Crippen LogP contribution in [0.15, 0.2) is 18.2 Å². The van der Waals surface area contributed by atoms with Gasteiger partial charge in [0.2, 0.25) is 5.91 Å². The lowest BCUT2D eigenvalue weighted by Gasteiger charge is -2.33. The molecule has 1 fully saturated rings. The molecule has 1 atom stereocenters. The summed E-state index contributed by atoms with van der Waals surface area (Å²) in [7, 11) is 5.03. The van der Waals surface area contributed by atoms with Gasteiger partial charge in [-0.2, -0.15) is 0 Å². The van der Waals surface area contributed by atoms with E-state index in [9.17, 15) is 4.79 Å². The lowest BCUT2D eigenvalue weighted by Crippen LogP contribution is -2.49. The molecule has 1 aromatic carbocycles. The Morgan fingerprint density at radius 2 is 2.11 bits per heavy atom. The Balaban J connectivity index is 2.36. The summed E-state index contributed by atoms with van der Waals surface area (Å²) in [5.41, 5.74) is 0.770. The maximum absolute atomic E-state index is 12.4. The summed E-state index contributed by atoms with van der Waals surface area (Å²) < 4.78 is 10.6. The van der Waals surface area contributed by atoms with Crippen LogP contribution in [0.2, 0.25) is 0 Å². The number of likely N-dealkylation sites (N-methyl/N-ethyl adjacent to an activating group) is 1. The number of nitrogens with zero attached hydrogens (tertiary/aromatic N) is 1. The highest BCUT2D eigenvalue weighted by molar-refractivity contribution is 5.99. The molecule has 1 aromatic rings. The fraction of sp³-hybridized carbons (Fsp3) is 0.500. The van der Waals surface area contributed by atoms with Gasteiger partial charge < -0.3 is 19.7 Å². The first-order valence-corrected chi connectivity index (χ1v) is 6.42. The Hall–Kier alpha value is -1.75. The van der Waals surface area contributed by atoms with Gasteiger partial charge in [0.05, 0.1) is 25.9 Å². The number of rotatable bonds is 4. The zero-order valence-corrected chi connectivity index (χ0v) is 11.6. The Morgan fingerprint density at radius 1 is 1.32 bits per heavy atom. The third-order valence-electron chi connectivity index (χ3n) is 3.46. The molecule has 1 aliphatic heterocycles. The first-order chi connectivity index (χ1) is 9.21. The highest BCUT2D eigenvalue weighted by Crippen LogP contribution is 2.34. The molecular formula is C14H20N2O3. The number of nitrogens with one attached hydrogen (secondary N) is 1.